The number of carbonyl (C=O) groups is 1. The maximum absolute atomic E-state index is 12.0. The van der Waals surface area contributed by atoms with E-state index in [1.54, 1.807) is 0 Å². The monoisotopic (exact) mass is 455 g/mol. The second-order valence-electron chi connectivity index (χ2n) is 8.80. The largest absolute Gasteiger partial charge is 0.484 e. The van der Waals surface area contributed by atoms with Gasteiger partial charge in [-0.15, -0.1) is 0 Å². The van der Waals surface area contributed by atoms with Crippen LogP contribution in [-0.4, -0.2) is 28.6 Å². The van der Waals surface area contributed by atoms with Gasteiger partial charge in [-0.05, 0) is 62.1 Å². The number of nitrogens with zero attached hydrogens (tertiary/aromatic N) is 2. The third kappa shape index (κ3) is 6.25. The zero-order valence-electron chi connectivity index (χ0n) is 20.1. The second kappa shape index (κ2) is 11.5. The molecule has 176 valence electrons. The first-order valence-corrected chi connectivity index (χ1v) is 12.0. The van der Waals surface area contributed by atoms with E-state index in [0.29, 0.717) is 12.3 Å². The summed E-state index contributed by atoms with van der Waals surface area (Å²) in [5, 5.41) is 2.94. The zero-order chi connectivity index (χ0) is 23.8. The van der Waals surface area contributed by atoms with E-state index in [1.807, 2.05) is 36.4 Å². The fourth-order valence-corrected chi connectivity index (χ4v) is 4.16. The van der Waals surface area contributed by atoms with Crippen molar-refractivity contribution in [1.29, 1.82) is 0 Å². The molecule has 1 heterocycles. The van der Waals surface area contributed by atoms with Crippen molar-refractivity contribution in [2.75, 3.05) is 13.2 Å². The predicted octanol–water partition coefficient (Wildman–Crippen LogP) is 5.61. The molecule has 0 aliphatic rings. The van der Waals surface area contributed by atoms with E-state index in [-0.39, 0.29) is 12.5 Å². The highest BCUT2D eigenvalue weighted by Gasteiger charge is 2.12. The molecule has 0 unspecified atom stereocenters. The lowest BCUT2D eigenvalue weighted by Gasteiger charge is -2.12. The van der Waals surface area contributed by atoms with Crippen LogP contribution in [0.25, 0.3) is 11.0 Å². The number of para-hydroxylation sites is 3. The first-order chi connectivity index (χ1) is 16.6. The van der Waals surface area contributed by atoms with Gasteiger partial charge in [0, 0.05) is 19.5 Å². The molecule has 0 aliphatic heterocycles. The van der Waals surface area contributed by atoms with Crippen LogP contribution in [0.15, 0.2) is 72.8 Å². The normalized spacial score (nSPS) is 11.0. The van der Waals surface area contributed by atoms with Crippen molar-refractivity contribution in [1.82, 2.24) is 14.9 Å². The van der Waals surface area contributed by atoms with Gasteiger partial charge in [0.05, 0.1) is 11.0 Å². The van der Waals surface area contributed by atoms with Crippen LogP contribution < -0.4 is 10.1 Å². The number of carbonyl (C=O) groups excluding carboxylic acids is 1. The fraction of sp³-hybridized carbons (Fsp3) is 0.310. The molecule has 3 aromatic carbocycles. The average molecular weight is 456 g/mol. The zero-order valence-corrected chi connectivity index (χ0v) is 20.1. The molecule has 5 heteroatoms. The molecule has 0 spiro atoms. The standard InChI is InChI=1S/C29H33N3O2/c1-22-16-17-23(2)24(19-22)20-32-27-14-9-8-13-26(27)31-28(32)15-7-4-10-18-30-29(33)21-34-25-11-5-3-6-12-25/h3,5-6,8-9,11-14,16-17,19H,4,7,10,15,18,20-21H2,1-2H3,(H,30,33). The molecule has 0 bridgehead atoms. The summed E-state index contributed by atoms with van der Waals surface area (Å²) in [4.78, 5) is 16.9. The minimum Gasteiger partial charge on any atom is -0.484 e. The molecule has 5 nitrogen and oxygen atoms in total. The third-order valence-electron chi connectivity index (χ3n) is 6.08. The SMILES string of the molecule is Cc1ccc(C)c(Cn2c(CCCCCNC(=O)COc3ccccc3)nc3ccccc32)c1. The highest BCUT2D eigenvalue weighted by molar-refractivity contribution is 5.77. The highest BCUT2D eigenvalue weighted by atomic mass is 16.5. The molecular formula is C29H33N3O2. The summed E-state index contributed by atoms with van der Waals surface area (Å²) < 4.78 is 7.85. The number of ether oxygens (including phenoxy) is 1. The van der Waals surface area contributed by atoms with Gasteiger partial charge < -0.3 is 14.6 Å². The Kier molecular flexibility index (Phi) is 7.97. The number of unbranched alkanes of at least 4 members (excludes halogenated alkanes) is 2. The number of fused-ring (bicyclic) bond motifs is 1. The van der Waals surface area contributed by atoms with Crippen LogP contribution in [0.3, 0.4) is 0 Å². The third-order valence-corrected chi connectivity index (χ3v) is 6.08. The van der Waals surface area contributed by atoms with E-state index in [1.165, 1.54) is 22.2 Å². The van der Waals surface area contributed by atoms with Gasteiger partial charge in [-0.1, -0.05) is 60.5 Å². The first-order valence-electron chi connectivity index (χ1n) is 12.0. The molecule has 4 aromatic rings. The van der Waals surface area contributed by atoms with E-state index in [9.17, 15) is 4.79 Å². The molecule has 0 atom stereocenters. The number of imidazole rings is 1. The number of aromatic nitrogens is 2. The average Bonchev–Trinajstić information content (AvgIpc) is 3.20. The van der Waals surface area contributed by atoms with Crippen LogP contribution in [0.1, 0.15) is 41.8 Å². The molecular weight excluding hydrogens is 422 g/mol. The molecule has 34 heavy (non-hydrogen) atoms. The van der Waals surface area contributed by atoms with Crippen molar-refractivity contribution in [2.45, 2.75) is 46.1 Å². The van der Waals surface area contributed by atoms with Crippen molar-refractivity contribution >= 4 is 16.9 Å². The Morgan fingerprint density at radius 3 is 2.59 bits per heavy atom. The van der Waals surface area contributed by atoms with Gasteiger partial charge in [0.25, 0.3) is 5.91 Å². The Morgan fingerprint density at radius 1 is 0.941 bits per heavy atom. The van der Waals surface area contributed by atoms with Crippen LogP contribution in [0, 0.1) is 13.8 Å². The van der Waals surface area contributed by atoms with Gasteiger partial charge >= 0.3 is 0 Å². The molecule has 0 fully saturated rings. The number of amides is 1. The lowest BCUT2D eigenvalue weighted by molar-refractivity contribution is -0.123. The lowest BCUT2D eigenvalue weighted by Crippen LogP contribution is -2.29. The molecule has 4 rings (SSSR count). The van der Waals surface area contributed by atoms with E-state index in [0.717, 1.165) is 43.6 Å². The number of benzene rings is 3. The smallest absolute Gasteiger partial charge is 0.257 e. The maximum Gasteiger partial charge on any atom is 0.257 e. The molecule has 0 saturated carbocycles. The summed E-state index contributed by atoms with van der Waals surface area (Å²) >= 11 is 0. The Labute approximate surface area is 201 Å². The summed E-state index contributed by atoms with van der Waals surface area (Å²) in [6.07, 6.45) is 3.93. The fourth-order valence-electron chi connectivity index (χ4n) is 4.16. The predicted molar refractivity (Wildman–Crippen MR) is 137 cm³/mol. The van der Waals surface area contributed by atoms with Crippen LogP contribution in [0.4, 0.5) is 0 Å². The number of hydrogen-bond acceptors (Lipinski definition) is 3. The number of nitrogens with one attached hydrogen (secondary N) is 1. The van der Waals surface area contributed by atoms with Gasteiger partial charge in [0.2, 0.25) is 0 Å². The number of hydrogen-bond donors (Lipinski definition) is 1. The maximum atomic E-state index is 12.0. The summed E-state index contributed by atoms with van der Waals surface area (Å²) in [6, 6.07) is 24.4. The van der Waals surface area contributed by atoms with Gasteiger partial charge in [0.1, 0.15) is 11.6 Å². The van der Waals surface area contributed by atoms with Crippen molar-refractivity contribution in [3.05, 3.63) is 95.3 Å². The van der Waals surface area contributed by atoms with Gasteiger partial charge in [0.15, 0.2) is 6.61 Å². The van der Waals surface area contributed by atoms with Gasteiger partial charge in [-0.2, -0.15) is 0 Å². The summed E-state index contributed by atoms with van der Waals surface area (Å²) in [7, 11) is 0. The number of aryl methyl sites for hydroxylation is 3. The highest BCUT2D eigenvalue weighted by Crippen LogP contribution is 2.21. The topological polar surface area (TPSA) is 56.2 Å². The Morgan fingerprint density at radius 2 is 1.74 bits per heavy atom. The summed E-state index contributed by atoms with van der Waals surface area (Å²) in [5.41, 5.74) is 6.16. The van der Waals surface area contributed by atoms with Crippen LogP contribution >= 0.6 is 0 Å². The van der Waals surface area contributed by atoms with Crippen molar-refractivity contribution in [3.63, 3.8) is 0 Å². The molecule has 0 saturated heterocycles. The quantitative estimate of drug-likeness (QED) is 0.299. The summed E-state index contributed by atoms with van der Waals surface area (Å²) in [6.45, 7) is 5.86. The van der Waals surface area contributed by atoms with Crippen molar-refractivity contribution < 1.29 is 9.53 Å². The van der Waals surface area contributed by atoms with E-state index >= 15 is 0 Å². The van der Waals surface area contributed by atoms with Gasteiger partial charge in [-0.3, -0.25) is 4.79 Å². The summed E-state index contributed by atoms with van der Waals surface area (Å²) in [5.74, 6) is 1.75. The number of rotatable bonds is 11. The Balaban J connectivity index is 1.27. The molecule has 1 N–H and O–H groups in total. The van der Waals surface area contributed by atoms with E-state index in [4.69, 9.17) is 9.72 Å². The first kappa shape index (κ1) is 23.6. The molecule has 0 radical (unpaired) electrons. The van der Waals surface area contributed by atoms with E-state index in [2.05, 4.69) is 60.1 Å². The molecule has 1 amide bonds. The van der Waals surface area contributed by atoms with E-state index < -0.39 is 0 Å². The second-order valence-corrected chi connectivity index (χ2v) is 8.80. The Bertz CT molecular complexity index is 1230. The lowest BCUT2D eigenvalue weighted by atomic mass is 10.1. The Hall–Kier alpha value is -3.60. The minimum atomic E-state index is -0.0841. The minimum absolute atomic E-state index is 0.0480. The van der Waals surface area contributed by atoms with Crippen molar-refractivity contribution in [2.24, 2.45) is 0 Å². The molecule has 0 aliphatic carbocycles. The molecule has 1 aromatic heterocycles. The van der Waals surface area contributed by atoms with Crippen LogP contribution in [0.5, 0.6) is 5.75 Å². The van der Waals surface area contributed by atoms with Crippen molar-refractivity contribution in [3.8, 4) is 5.75 Å². The van der Waals surface area contributed by atoms with Crippen LogP contribution in [-0.2, 0) is 17.8 Å². The van der Waals surface area contributed by atoms with Gasteiger partial charge in [-0.25, -0.2) is 4.98 Å². The van der Waals surface area contributed by atoms with Crippen LogP contribution in [0.2, 0.25) is 0 Å².